The van der Waals surface area contributed by atoms with Crippen molar-refractivity contribution >= 4 is 41.6 Å². The number of benzene rings is 1. The predicted octanol–water partition coefficient (Wildman–Crippen LogP) is 2.49. The zero-order valence-corrected chi connectivity index (χ0v) is 14.3. The fraction of sp³-hybridized carbons (Fsp3) is 0.417. The van der Waals surface area contributed by atoms with E-state index in [9.17, 15) is 13.2 Å². The Bertz CT molecular complexity index is 591. The van der Waals surface area contributed by atoms with Gasteiger partial charge in [0.25, 0.3) is 15.0 Å². The first-order valence-electron chi connectivity index (χ1n) is 5.84. The summed E-state index contributed by atoms with van der Waals surface area (Å²) in [6, 6.07) is 4.28. The molecule has 0 saturated carbocycles. The first-order chi connectivity index (χ1) is 9.27. The van der Waals surface area contributed by atoms with Gasteiger partial charge in [-0.1, -0.05) is 0 Å². The summed E-state index contributed by atoms with van der Waals surface area (Å²) in [6.45, 7) is 3.30. The maximum atomic E-state index is 12.1. The van der Waals surface area contributed by atoms with Gasteiger partial charge in [-0.2, -0.15) is 0 Å². The Morgan fingerprint density at radius 2 is 2.10 bits per heavy atom. The molecule has 0 atom stereocenters. The van der Waals surface area contributed by atoms with E-state index in [1.165, 1.54) is 23.1 Å². The third-order valence-electron chi connectivity index (χ3n) is 2.56. The molecule has 0 aliphatic heterocycles. The minimum Gasteiger partial charge on any atom is -0.380 e. The molecule has 1 rings (SSSR count). The van der Waals surface area contributed by atoms with Crippen LogP contribution in [0.1, 0.15) is 17.3 Å². The lowest BCUT2D eigenvalue weighted by Gasteiger charge is -2.17. The normalized spacial score (nSPS) is 11.4. The van der Waals surface area contributed by atoms with E-state index in [4.69, 9.17) is 15.4 Å². The molecule has 1 aromatic rings. The van der Waals surface area contributed by atoms with E-state index < -0.39 is 9.05 Å². The molecule has 0 unspecified atom stereocenters. The van der Waals surface area contributed by atoms with Crippen molar-refractivity contribution in [3.8, 4) is 0 Å². The topological polar surface area (TPSA) is 63.7 Å². The SMILES string of the molecule is CCOCCN(C)C(=O)c1ccc(Br)c(S(=O)(=O)Cl)c1. The largest absolute Gasteiger partial charge is 0.380 e. The maximum absolute atomic E-state index is 12.1. The Labute approximate surface area is 131 Å². The van der Waals surface area contributed by atoms with Crippen molar-refractivity contribution in [1.29, 1.82) is 0 Å². The molecule has 0 aliphatic carbocycles. The molecule has 0 spiro atoms. The van der Waals surface area contributed by atoms with E-state index in [1.54, 1.807) is 7.05 Å². The van der Waals surface area contributed by atoms with Crippen molar-refractivity contribution in [2.45, 2.75) is 11.8 Å². The number of nitrogens with zero attached hydrogens (tertiary/aromatic N) is 1. The average Bonchev–Trinajstić information content (AvgIpc) is 2.37. The molecule has 0 heterocycles. The second-order valence-electron chi connectivity index (χ2n) is 4.01. The standard InChI is InChI=1S/C12H15BrClNO4S/c1-3-19-7-6-15(2)12(16)9-4-5-10(13)11(8-9)20(14,17)18/h4-5,8H,3,6-7H2,1-2H3. The van der Waals surface area contributed by atoms with Gasteiger partial charge in [-0.25, -0.2) is 8.42 Å². The molecular weight excluding hydrogens is 370 g/mol. The molecule has 1 amide bonds. The lowest BCUT2D eigenvalue weighted by Crippen LogP contribution is -2.30. The summed E-state index contributed by atoms with van der Waals surface area (Å²) in [5.74, 6) is -0.293. The zero-order valence-electron chi connectivity index (χ0n) is 11.1. The fourth-order valence-corrected chi connectivity index (χ4v) is 3.61. The van der Waals surface area contributed by atoms with E-state index in [2.05, 4.69) is 15.9 Å². The third kappa shape index (κ3) is 4.73. The van der Waals surface area contributed by atoms with Gasteiger partial charge in [0.2, 0.25) is 0 Å². The van der Waals surface area contributed by atoms with Crippen molar-refractivity contribution in [1.82, 2.24) is 4.90 Å². The number of amides is 1. The molecule has 0 fully saturated rings. The van der Waals surface area contributed by atoms with Gasteiger partial charge in [0.15, 0.2) is 0 Å². The van der Waals surface area contributed by atoms with Crippen LogP contribution < -0.4 is 0 Å². The first-order valence-corrected chi connectivity index (χ1v) is 8.95. The minimum absolute atomic E-state index is 0.122. The summed E-state index contributed by atoms with van der Waals surface area (Å²) >= 11 is 3.10. The number of carbonyl (C=O) groups is 1. The number of ether oxygens (including phenoxy) is 1. The molecular formula is C12H15BrClNO4S. The molecule has 0 saturated heterocycles. The van der Waals surface area contributed by atoms with Crippen LogP contribution in [0.3, 0.4) is 0 Å². The molecule has 0 radical (unpaired) electrons. The van der Waals surface area contributed by atoms with Crippen molar-refractivity contribution in [2.75, 3.05) is 26.8 Å². The quantitative estimate of drug-likeness (QED) is 0.558. The lowest BCUT2D eigenvalue weighted by molar-refractivity contribution is 0.0709. The number of hydrogen-bond donors (Lipinski definition) is 0. The number of carbonyl (C=O) groups excluding carboxylic acids is 1. The van der Waals surface area contributed by atoms with Crippen molar-refractivity contribution in [3.63, 3.8) is 0 Å². The number of halogens is 2. The minimum atomic E-state index is -3.91. The van der Waals surface area contributed by atoms with Crippen LogP contribution in [0.2, 0.25) is 0 Å². The summed E-state index contributed by atoms with van der Waals surface area (Å²) < 4.78 is 28.3. The Morgan fingerprint density at radius 1 is 1.45 bits per heavy atom. The molecule has 0 aromatic heterocycles. The number of rotatable bonds is 6. The van der Waals surface area contributed by atoms with Crippen LogP contribution in [0, 0.1) is 0 Å². The van der Waals surface area contributed by atoms with Gasteiger partial charge in [0.05, 0.1) is 11.5 Å². The Balaban J connectivity index is 2.94. The highest BCUT2D eigenvalue weighted by Gasteiger charge is 2.19. The maximum Gasteiger partial charge on any atom is 0.262 e. The van der Waals surface area contributed by atoms with Crippen LogP contribution in [-0.2, 0) is 13.8 Å². The molecule has 112 valence electrons. The highest BCUT2D eigenvalue weighted by molar-refractivity contribution is 9.10. The fourth-order valence-electron chi connectivity index (χ4n) is 1.49. The summed E-state index contributed by atoms with van der Waals surface area (Å²) in [5, 5.41) is 0. The van der Waals surface area contributed by atoms with Crippen LogP contribution in [0.4, 0.5) is 0 Å². The molecule has 5 nitrogen and oxygen atoms in total. The Morgan fingerprint density at radius 3 is 2.65 bits per heavy atom. The van der Waals surface area contributed by atoms with Gasteiger partial charge in [0, 0.05) is 40.9 Å². The van der Waals surface area contributed by atoms with E-state index in [1.807, 2.05) is 6.92 Å². The Hall–Kier alpha value is -0.630. The highest BCUT2D eigenvalue weighted by Crippen LogP contribution is 2.26. The summed E-state index contributed by atoms with van der Waals surface area (Å²) in [7, 11) is 3.04. The zero-order chi connectivity index (χ0) is 15.3. The monoisotopic (exact) mass is 383 g/mol. The van der Waals surface area contributed by atoms with Gasteiger partial charge < -0.3 is 9.64 Å². The molecule has 0 bridgehead atoms. The summed E-state index contributed by atoms with van der Waals surface area (Å²) in [4.78, 5) is 13.5. The van der Waals surface area contributed by atoms with E-state index in [0.29, 0.717) is 24.2 Å². The summed E-state index contributed by atoms with van der Waals surface area (Å²) in [6.07, 6.45) is 0. The van der Waals surface area contributed by atoms with Crippen LogP contribution in [0.15, 0.2) is 27.6 Å². The van der Waals surface area contributed by atoms with Gasteiger partial charge in [0.1, 0.15) is 0 Å². The highest BCUT2D eigenvalue weighted by atomic mass is 79.9. The number of hydrogen-bond acceptors (Lipinski definition) is 4. The van der Waals surface area contributed by atoms with Crippen molar-refractivity contribution < 1.29 is 17.9 Å². The number of likely N-dealkylation sites (N-methyl/N-ethyl adjacent to an activating group) is 1. The lowest BCUT2D eigenvalue weighted by atomic mass is 10.2. The van der Waals surface area contributed by atoms with Gasteiger partial charge in [-0.15, -0.1) is 0 Å². The van der Waals surface area contributed by atoms with Crippen LogP contribution >= 0.6 is 26.6 Å². The van der Waals surface area contributed by atoms with Gasteiger partial charge >= 0.3 is 0 Å². The molecule has 0 N–H and O–H groups in total. The van der Waals surface area contributed by atoms with Gasteiger partial charge in [-0.05, 0) is 41.1 Å². The summed E-state index contributed by atoms with van der Waals surface area (Å²) in [5.41, 5.74) is 0.256. The van der Waals surface area contributed by atoms with Crippen LogP contribution in [0.25, 0.3) is 0 Å². The second kappa shape index (κ2) is 7.40. The second-order valence-corrected chi connectivity index (χ2v) is 7.40. The molecule has 1 aromatic carbocycles. The third-order valence-corrected chi connectivity index (χ3v) is 4.88. The Kier molecular flexibility index (Phi) is 6.44. The smallest absolute Gasteiger partial charge is 0.262 e. The molecule has 20 heavy (non-hydrogen) atoms. The first kappa shape index (κ1) is 17.4. The van der Waals surface area contributed by atoms with Crippen molar-refractivity contribution in [2.24, 2.45) is 0 Å². The molecule has 0 aliphatic rings. The van der Waals surface area contributed by atoms with E-state index in [-0.39, 0.29) is 16.4 Å². The van der Waals surface area contributed by atoms with Gasteiger partial charge in [-0.3, -0.25) is 4.79 Å². The predicted molar refractivity (Wildman–Crippen MR) is 80.6 cm³/mol. The average molecular weight is 385 g/mol. The van der Waals surface area contributed by atoms with Crippen molar-refractivity contribution in [3.05, 3.63) is 28.2 Å². The van der Waals surface area contributed by atoms with Crippen LogP contribution in [-0.4, -0.2) is 46.0 Å². The van der Waals surface area contributed by atoms with E-state index in [0.717, 1.165) is 0 Å². The van der Waals surface area contributed by atoms with Crippen LogP contribution in [0.5, 0.6) is 0 Å². The van der Waals surface area contributed by atoms with E-state index >= 15 is 0 Å². The molecule has 8 heteroatoms.